The van der Waals surface area contributed by atoms with E-state index in [1.807, 2.05) is 24.4 Å². The van der Waals surface area contributed by atoms with Gasteiger partial charge >= 0.3 is 0 Å². The van der Waals surface area contributed by atoms with Crippen molar-refractivity contribution in [2.45, 2.75) is 32.4 Å². The van der Waals surface area contributed by atoms with Gasteiger partial charge in [-0.15, -0.1) is 0 Å². The van der Waals surface area contributed by atoms with Gasteiger partial charge in [0.15, 0.2) is 5.65 Å². The molecule has 0 saturated carbocycles. The summed E-state index contributed by atoms with van der Waals surface area (Å²) in [5, 5.41) is 20.4. The number of hydrogen-bond acceptors (Lipinski definition) is 6. The molecule has 0 spiro atoms. The van der Waals surface area contributed by atoms with E-state index in [1.165, 1.54) is 0 Å². The molecule has 1 atom stereocenters. The van der Waals surface area contributed by atoms with Gasteiger partial charge in [0.05, 0.1) is 12.6 Å². The van der Waals surface area contributed by atoms with Crippen LogP contribution in [-0.2, 0) is 6.54 Å². The van der Waals surface area contributed by atoms with E-state index >= 15 is 0 Å². The van der Waals surface area contributed by atoms with E-state index in [2.05, 4.69) is 32.6 Å². The zero-order valence-corrected chi connectivity index (χ0v) is 14.2. The van der Waals surface area contributed by atoms with Crippen molar-refractivity contribution >= 4 is 30.6 Å². The Morgan fingerprint density at radius 3 is 2.96 bits per heavy atom. The minimum absolute atomic E-state index is 0.0460. The average molecular weight is 336 g/mol. The molecule has 3 rings (SSSR count). The van der Waals surface area contributed by atoms with Crippen molar-refractivity contribution < 1.29 is 5.11 Å². The Kier molecular flexibility index (Phi) is 5.50. The number of nitrogens with zero attached hydrogens (tertiary/aromatic N) is 4. The molecule has 2 radical (unpaired) electrons. The first kappa shape index (κ1) is 17.2. The molecule has 0 saturated heterocycles. The number of anilines is 2. The monoisotopic (exact) mass is 336 g/mol. The molecule has 3 heterocycles. The molecule has 128 valence electrons. The summed E-state index contributed by atoms with van der Waals surface area (Å²) >= 11 is 0. The van der Waals surface area contributed by atoms with Gasteiger partial charge in [-0.2, -0.15) is 9.61 Å². The fraction of sp³-hybridized carbons (Fsp3) is 0.353. The molecule has 0 fully saturated rings. The van der Waals surface area contributed by atoms with E-state index < -0.39 is 0 Å². The summed E-state index contributed by atoms with van der Waals surface area (Å²) in [6, 6.07) is 5.72. The van der Waals surface area contributed by atoms with Crippen LogP contribution in [0.25, 0.3) is 5.65 Å². The molecule has 3 N–H and O–H groups in total. The Morgan fingerprint density at radius 1 is 1.36 bits per heavy atom. The van der Waals surface area contributed by atoms with Crippen LogP contribution in [0.15, 0.2) is 36.8 Å². The van der Waals surface area contributed by atoms with Crippen molar-refractivity contribution in [3.05, 3.63) is 42.4 Å². The van der Waals surface area contributed by atoms with E-state index in [-0.39, 0.29) is 12.6 Å². The van der Waals surface area contributed by atoms with Gasteiger partial charge in [-0.05, 0) is 23.5 Å². The van der Waals surface area contributed by atoms with Crippen molar-refractivity contribution in [2.75, 3.05) is 17.2 Å². The van der Waals surface area contributed by atoms with Crippen LogP contribution in [0.3, 0.4) is 0 Å². The minimum atomic E-state index is -0.0460. The molecule has 8 heteroatoms. The topological polar surface area (TPSA) is 87.4 Å². The molecular weight excluding hydrogens is 315 g/mol. The SMILES string of the molecule is [B]c1cnn2c(NCc3cccnc3)cc(N[C@H](CO)CCC)nc12. The molecule has 0 amide bonds. The van der Waals surface area contributed by atoms with Crippen LogP contribution >= 0.6 is 0 Å². The quantitative estimate of drug-likeness (QED) is 0.534. The van der Waals surface area contributed by atoms with E-state index in [9.17, 15) is 5.11 Å². The van der Waals surface area contributed by atoms with Crippen molar-refractivity contribution in [1.29, 1.82) is 0 Å². The van der Waals surface area contributed by atoms with Gasteiger partial charge in [-0.3, -0.25) is 4.98 Å². The normalized spacial score (nSPS) is 12.2. The molecule has 0 aliphatic rings. The summed E-state index contributed by atoms with van der Waals surface area (Å²) in [7, 11) is 5.98. The predicted octanol–water partition coefficient (Wildman–Crippen LogP) is 1.10. The molecule has 0 bridgehead atoms. The maximum atomic E-state index is 9.51. The van der Waals surface area contributed by atoms with Crippen LogP contribution in [0.5, 0.6) is 0 Å². The maximum Gasteiger partial charge on any atom is 0.152 e. The Hall–Kier alpha value is -2.61. The van der Waals surface area contributed by atoms with Crippen molar-refractivity contribution in [1.82, 2.24) is 19.6 Å². The van der Waals surface area contributed by atoms with E-state index in [0.717, 1.165) is 24.2 Å². The zero-order valence-electron chi connectivity index (χ0n) is 14.2. The smallest absolute Gasteiger partial charge is 0.152 e. The molecule has 0 aliphatic carbocycles. The number of aromatic nitrogens is 4. The zero-order chi connectivity index (χ0) is 17.6. The molecule has 25 heavy (non-hydrogen) atoms. The number of rotatable bonds is 8. The fourth-order valence-corrected chi connectivity index (χ4v) is 2.64. The number of aliphatic hydroxyl groups is 1. The number of hydrogen-bond donors (Lipinski definition) is 3. The van der Waals surface area contributed by atoms with Crippen LogP contribution < -0.4 is 16.1 Å². The Morgan fingerprint density at radius 2 is 2.24 bits per heavy atom. The number of fused-ring (bicyclic) bond motifs is 1. The summed E-state index contributed by atoms with van der Waals surface area (Å²) in [6.45, 7) is 2.73. The summed E-state index contributed by atoms with van der Waals surface area (Å²) in [5.41, 5.74) is 2.14. The van der Waals surface area contributed by atoms with E-state index in [1.54, 1.807) is 16.9 Å². The Bertz CT molecular complexity index is 823. The van der Waals surface area contributed by atoms with Crippen molar-refractivity contribution in [3.8, 4) is 0 Å². The van der Waals surface area contributed by atoms with Crippen LogP contribution in [0.2, 0.25) is 0 Å². The molecule has 0 aromatic carbocycles. The molecule has 3 aromatic heterocycles. The summed E-state index contributed by atoms with van der Waals surface area (Å²) < 4.78 is 1.67. The predicted molar refractivity (Wildman–Crippen MR) is 99.3 cm³/mol. The van der Waals surface area contributed by atoms with Gasteiger partial charge in [-0.25, -0.2) is 4.98 Å². The van der Waals surface area contributed by atoms with Gasteiger partial charge in [0.1, 0.15) is 19.5 Å². The lowest BCUT2D eigenvalue weighted by Crippen LogP contribution is -2.24. The number of pyridine rings is 1. The summed E-state index contributed by atoms with van der Waals surface area (Å²) in [4.78, 5) is 8.64. The molecule has 0 aliphatic heterocycles. The second kappa shape index (κ2) is 7.98. The van der Waals surface area contributed by atoms with E-state index in [4.69, 9.17) is 7.85 Å². The highest BCUT2D eigenvalue weighted by Crippen LogP contribution is 2.17. The van der Waals surface area contributed by atoms with Crippen molar-refractivity contribution in [2.24, 2.45) is 0 Å². The highest BCUT2D eigenvalue weighted by molar-refractivity contribution is 6.36. The second-order valence-corrected chi connectivity index (χ2v) is 5.89. The van der Waals surface area contributed by atoms with Crippen LogP contribution in [-0.4, -0.2) is 45.2 Å². The molecule has 7 nitrogen and oxygen atoms in total. The van der Waals surface area contributed by atoms with Crippen LogP contribution in [0, 0.1) is 0 Å². The van der Waals surface area contributed by atoms with Gasteiger partial charge in [-0.1, -0.05) is 19.4 Å². The second-order valence-electron chi connectivity index (χ2n) is 5.89. The van der Waals surface area contributed by atoms with Gasteiger partial charge < -0.3 is 15.7 Å². The van der Waals surface area contributed by atoms with Gasteiger partial charge in [0, 0.05) is 31.2 Å². The first-order valence-electron chi connectivity index (χ1n) is 8.35. The summed E-state index contributed by atoms with van der Waals surface area (Å²) in [5.74, 6) is 1.42. The Balaban J connectivity index is 1.87. The average Bonchev–Trinajstić information content (AvgIpc) is 3.01. The standard InChI is InChI=1S/C17H21BN6O/c1-2-4-13(11-25)22-15-7-16(20-9-12-5-3-6-19-8-12)24-17(23-15)14(18)10-21-24/h3,5-8,10,13,20,25H,2,4,9,11H2,1H3,(H,22,23)/t13-/m0/s1. The lowest BCUT2D eigenvalue weighted by Gasteiger charge is -2.17. The van der Waals surface area contributed by atoms with Crippen LogP contribution in [0.1, 0.15) is 25.3 Å². The minimum Gasteiger partial charge on any atom is -0.394 e. The Labute approximate surface area is 147 Å². The van der Waals surface area contributed by atoms with E-state index in [0.29, 0.717) is 23.5 Å². The third kappa shape index (κ3) is 4.08. The van der Waals surface area contributed by atoms with Crippen molar-refractivity contribution in [3.63, 3.8) is 0 Å². The highest BCUT2D eigenvalue weighted by Gasteiger charge is 2.12. The van der Waals surface area contributed by atoms with Gasteiger partial charge in [0.2, 0.25) is 0 Å². The first-order valence-corrected chi connectivity index (χ1v) is 8.35. The summed E-state index contributed by atoms with van der Waals surface area (Å²) in [6.07, 6.45) is 6.97. The maximum absolute atomic E-state index is 9.51. The van der Waals surface area contributed by atoms with Gasteiger partial charge in [0.25, 0.3) is 0 Å². The van der Waals surface area contributed by atoms with Crippen LogP contribution in [0.4, 0.5) is 11.6 Å². The fourth-order valence-electron chi connectivity index (χ4n) is 2.64. The highest BCUT2D eigenvalue weighted by atomic mass is 16.3. The molecule has 3 aromatic rings. The first-order chi connectivity index (χ1) is 12.2. The molecular formula is C17H21BN6O. The largest absolute Gasteiger partial charge is 0.394 e. The third-order valence-electron chi connectivity index (χ3n) is 3.91. The molecule has 0 unspecified atom stereocenters. The lowest BCUT2D eigenvalue weighted by molar-refractivity contribution is 0.268. The number of aliphatic hydroxyl groups excluding tert-OH is 1. The number of nitrogens with one attached hydrogen (secondary N) is 2. The lowest BCUT2D eigenvalue weighted by atomic mass is 10.0. The third-order valence-corrected chi connectivity index (χ3v) is 3.91.